The number of methoxy groups -OCH3 is 1. The fraction of sp³-hybridized carbons (Fsp3) is 0.562. The van der Waals surface area contributed by atoms with Crippen LogP contribution in [0.25, 0.3) is 11.8 Å². The van der Waals surface area contributed by atoms with Crippen molar-refractivity contribution in [2.24, 2.45) is 28.6 Å². The number of hydrogen-bond acceptors (Lipinski definition) is 8. The van der Waals surface area contributed by atoms with E-state index < -0.39 is 23.1 Å². The second-order valence-corrected chi connectivity index (χ2v) is 13.7. The van der Waals surface area contributed by atoms with Crippen molar-refractivity contribution in [3.05, 3.63) is 53.1 Å². The Balaban J connectivity index is 1.34. The molecular formula is C32H36FN3O5S. The number of esters is 1. The van der Waals surface area contributed by atoms with E-state index in [1.807, 2.05) is 23.9 Å². The number of hydrogen-bond donors (Lipinski definition) is 1. The Labute approximate surface area is 249 Å². The number of thioether (sulfide) groups is 1. The second-order valence-electron chi connectivity index (χ2n) is 12.7. The van der Waals surface area contributed by atoms with Crippen LogP contribution < -0.4 is 0 Å². The van der Waals surface area contributed by atoms with Gasteiger partial charge in [0.05, 0.1) is 35.5 Å². The summed E-state index contributed by atoms with van der Waals surface area (Å²) >= 11 is 0.890. The number of nitriles is 1. The lowest BCUT2D eigenvalue weighted by Gasteiger charge is -2.60. The minimum atomic E-state index is -1.42. The van der Waals surface area contributed by atoms with Gasteiger partial charge in [0.15, 0.2) is 5.60 Å². The Morgan fingerprint density at radius 2 is 2.02 bits per heavy atom. The van der Waals surface area contributed by atoms with Crippen LogP contribution in [0.15, 0.2) is 36.0 Å². The van der Waals surface area contributed by atoms with Crippen molar-refractivity contribution in [3.63, 3.8) is 0 Å². The summed E-state index contributed by atoms with van der Waals surface area (Å²) in [6, 6.07) is 8.32. The van der Waals surface area contributed by atoms with Gasteiger partial charge >= 0.3 is 5.97 Å². The molecule has 7 atom stereocenters. The molecule has 1 aromatic heterocycles. The number of allylic oxidation sites excluding steroid dienone is 1. The molecule has 1 N–H and O–H groups in total. The van der Waals surface area contributed by atoms with Crippen LogP contribution in [-0.4, -0.2) is 57.1 Å². The molecule has 0 bridgehead atoms. The highest BCUT2D eigenvalue weighted by molar-refractivity contribution is 8.14. The molecule has 8 nitrogen and oxygen atoms in total. The van der Waals surface area contributed by atoms with Crippen molar-refractivity contribution < 1.29 is 28.6 Å². The molecule has 1 heterocycles. The number of carbonyl (C=O) groups is 2. The van der Waals surface area contributed by atoms with Crippen LogP contribution in [0.2, 0.25) is 0 Å². The molecule has 0 amide bonds. The largest absolute Gasteiger partial charge is 0.448 e. The summed E-state index contributed by atoms with van der Waals surface area (Å²) in [6.07, 6.45) is 7.18. The lowest BCUT2D eigenvalue weighted by molar-refractivity contribution is -0.198. The number of benzene rings is 1. The number of ether oxygens (including phenoxy) is 2. The lowest BCUT2D eigenvalue weighted by atomic mass is 9.45. The third-order valence-electron chi connectivity index (χ3n) is 10.8. The van der Waals surface area contributed by atoms with Gasteiger partial charge in [0, 0.05) is 12.5 Å². The van der Waals surface area contributed by atoms with E-state index in [2.05, 4.69) is 18.1 Å². The zero-order chi connectivity index (χ0) is 29.9. The normalized spacial score (nSPS) is 34.7. The molecule has 0 spiro atoms. The van der Waals surface area contributed by atoms with E-state index in [1.165, 1.54) is 24.8 Å². The van der Waals surface area contributed by atoms with E-state index in [9.17, 15) is 19.1 Å². The number of aliphatic hydroxyl groups is 1. The van der Waals surface area contributed by atoms with E-state index in [0.29, 0.717) is 19.3 Å². The van der Waals surface area contributed by atoms with Gasteiger partial charge in [0.2, 0.25) is 5.12 Å². The third kappa shape index (κ3) is 4.27. The average Bonchev–Trinajstić information content (AvgIpc) is 3.48. The summed E-state index contributed by atoms with van der Waals surface area (Å²) in [6.45, 7) is 3.97. The first-order valence-corrected chi connectivity index (χ1v) is 15.5. The van der Waals surface area contributed by atoms with Gasteiger partial charge in [0.25, 0.3) is 0 Å². The highest BCUT2D eigenvalue weighted by atomic mass is 32.2. The fourth-order valence-electron chi connectivity index (χ4n) is 9.06. The first-order valence-electron chi connectivity index (χ1n) is 14.5. The van der Waals surface area contributed by atoms with Crippen LogP contribution in [-0.2, 0) is 25.5 Å². The molecule has 0 radical (unpaired) electrons. The third-order valence-corrected chi connectivity index (χ3v) is 11.6. The molecule has 0 saturated heterocycles. The average molecular weight is 594 g/mol. The monoisotopic (exact) mass is 593 g/mol. The first-order chi connectivity index (χ1) is 20.1. The van der Waals surface area contributed by atoms with Crippen LogP contribution in [0, 0.1) is 45.7 Å². The second kappa shape index (κ2) is 10.6. The molecule has 6 rings (SSSR count). The lowest BCUT2D eigenvalue weighted by Crippen LogP contribution is -2.62. The summed E-state index contributed by atoms with van der Waals surface area (Å²) in [7, 11) is 1.40. The molecule has 0 unspecified atom stereocenters. The van der Waals surface area contributed by atoms with Crippen LogP contribution >= 0.6 is 11.8 Å². The Morgan fingerprint density at radius 3 is 2.74 bits per heavy atom. The number of fused-ring (bicyclic) bond motifs is 6. The number of aliphatic hydroxyl groups excluding tert-OH is 1. The van der Waals surface area contributed by atoms with Gasteiger partial charge in [-0.3, -0.25) is 4.79 Å². The Kier molecular flexibility index (Phi) is 7.35. The van der Waals surface area contributed by atoms with Crippen LogP contribution in [0.1, 0.15) is 57.2 Å². The Bertz CT molecular complexity index is 1480. The fourth-order valence-corrected chi connectivity index (χ4v) is 9.87. The summed E-state index contributed by atoms with van der Waals surface area (Å²) < 4.78 is 26.5. The molecule has 4 aliphatic carbocycles. The molecular weight excluding hydrogens is 557 g/mol. The molecule has 10 heteroatoms. The molecule has 4 aliphatic rings. The van der Waals surface area contributed by atoms with Crippen LogP contribution in [0.4, 0.5) is 4.39 Å². The van der Waals surface area contributed by atoms with Crippen molar-refractivity contribution in [2.45, 2.75) is 64.1 Å². The minimum absolute atomic E-state index is 0.0298. The number of rotatable bonds is 6. The zero-order valence-corrected chi connectivity index (χ0v) is 25.0. The number of nitrogens with zero attached hydrogens (tertiary/aromatic N) is 3. The Hall–Kier alpha value is -3.00. The number of carbonyl (C=O) groups excluding carboxylic acids is 2. The van der Waals surface area contributed by atoms with Crippen molar-refractivity contribution in [2.75, 3.05) is 19.5 Å². The number of halogens is 1. The zero-order valence-electron chi connectivity index (χ0n) is 24.1. The quantitative estimate of drug-likeness (QED) is 0.472. The maximum absolute atomic E-state index is 13.7. The van der Waals surface area contributed by atoms with Gasteiger partial charge in [0.1, 0.15) is 12.4 Å². The topological polar surface area (TPSA) is 114 Å². The molecule has 1 aromatic carbocycles. The minimum Gasteiger partial charge on any atom is -0.448 e. The summed E-state index contributed by atoms with van der Waals surface area (Å²) in [5.74, 6) is -0.776. The molecule has 2 aromatic rings. The van der Waals surface area contributed by atoms with Gasteiger partial charge in [-0.15, -0.1) is 0 Å². The molecule has 3 fully saturated rings. The summed E-state index contributed by atoms with van der Waals surface area (Å²) in [5, 5.41) is 25.5. The smallest absolute Gasteiger partial charge is 0.333 e. The first kappa shape index (κ1) is 29.1. The van der Waals surface area contributed by atoms with Gasteiger partial charge in [-0.05, 0) is 97.6 Å². The van der Waals surface area contributed by atoms with Crippen molar-refractivity contribution in [3.8, 4) is 11.8 Å². The number of aromatic nitrogens is 2. The van der Waals surface area contributed by atoms with Crippen molar-refractivity contribution >= 4 is 28.9 Å². The van der Waals surface area contributed by atoms with E-state index in [-0.39, 0.29) is 46.5 Å². The maximum atomic E-state index is 13.7. The van der Waals surface area contributed by atoms with E-state index >= 15 is 0 Å². The van der Waals surface area contributed by atoms with Crippen LogP contribution in [0.5, 0.6) is 0 Å². The van der Waals surface area contributed by atoms with Gasteiger partial charge in [-0.2, -0.15) is 10.4 Å². The van der Waals surface area contributed by atoms with E-state index in [1.54, 1.807) is 12.1 Å². The molecule has 3 saturated carbocycles. The highest BCUT2D eigenvalue weighted by Crippen LogP contribution is 2.68. The summed E-state index contributed by atoms with van der Waals surface area (Å²) in [4.78, 5) is 26.5. The van der Waals surface area contributed by atoms with E-state index in [4.69, 9.17) is 14.7 Å². The van der Waals surface area contributed by atoms with Gasteiger partial charge < -0.3 is 14.6 Å². The van der Waals surface area contributed by atoms with Crippen LogP contribution in [0.3, 0.4) is 0 Å². The SMILES string of the molecule is COCC(=O)O[C@]1(C(=O)SCC#N)CC[C@H]2[C@@H]3CCC4=Cc5c(cnn5-c5ccc(F)cc5)C[C@]4(C)[C@H]3[C@@H](O)C[C@@]21C. The highest BCUT2D eigenvalue weighted by Gasteiger charge is 2.70. The standard InChI is InChI=1S/C32H36FN3O5S/c1-30-15-19-17-35-36(22-7-5-21(33)6-8-22)25(19)14-20(30)4-9-23-24-10-11-32(29(39)42-13-12-34,41-27(38)18-40-3)31(24,2)16-26(37)28(23)30/h5-8,14,17,23-24,26,28,37H,4,9-11,13,15-16,18H2,1-3H3/t23-,24-,26-,28+,30-,31-,32-/m0/s1. The van der Waals surface area contributed by atoms with Gasteiger partial charge in [-0.25, -0.2) is 13.9 Å². The molecule has 222 valence electrons. The predicted molar refractivity (Wildman–Crippen MR) is 155 cm³/mol. The predicted octanol–water partition coefficient (Wildman–Crippen LogP) is 4.88. The maximum Gasteiger partial charge on any atom is 0.333 e. The Morgan fingerprint density at radius 1 is 1.26 bits per heavy atom. The molecule has 0 aliphatic heterocycles. The molecule has 42 heavy (non-hydrogen) atoms. The van der Waals surface area contributed by atoms with E-state index in [0.717, 1.165) is 48.0 Å². The van der Waals surface area contributed by atoms with Crippen molar-refractivity contribution in [1.82, 2.24) is 9.78 Å². The summed E-state index contributed by atoms with van der Waals surface area (Å²) in [5.41, 5.74) is 1.65. The van der Waals surface area contributed by atoms with Gasteiger partial charge in [-0.1, -0.05) is 31.2 Å². The van der Waals surface area contributed by atoms with Crippen molar-refractivity contribution in [1.29, 1.82) is 5.26 Å².